The van der Waals surface area contributed by atoms with Gasteiger partial charge in [-0.3, -0.25) is 0 Å². The van der Waals surface area contributed by atoms with E-state index < -0.39 is 0 Å². The maximum atomic E-state index is 3.84. The van der Waals surface area contributed by atoms with Gasteiger partial charge in [0, 0.05) is 9.58 Å². The van der Waals surface area contributed by atoms with Gasteiger partial charge in [-0.2, -0.15) is 0 Å². The summed E-state index contributed by atoms with van der Waals surface area (Å²) in [5, 5.41) is 1.33. The Kier molecular flexibility index (Phi) is 3.95. The molecule has 0 nitrogen and oxygen atoms in total. The van der Waals surface area contributed by atoms with Gasteiger partial charge in [0.05, 0.1) is 4.83 Å². The van der Waals surface area contributed by atoms with E-state index in [1.54, 1.807) is 0 Å². The number of hydrogen-bond donors (Lipinski definition) is 0. The fourth-order valence-electron chi connectivity index (χ4n) is 2.34. The molecule has 0 amide bonds. The highest BCUT2D eigenvalue weighted by Crippen LogP contribution is 2.38. The van der Waals surface area contributed by atoms with Gasteiger partial charge in [0.15, 0.2) is 0 Å². The second-order valence-corrected chi connectivity index (χ2v) is 7.40. The molecule has 1 aromatic heterocycles. The minimum absolute atomic E-state index is 0.279. The van der Waals surface area contributed by atoms with Crippen molar-refractivity contribution in [3.05, 3.63) is 70.6 Å². The maximum absolute atomic E-state index is 3.84. The quantitative estimate of drug-likeness (QED) is 0.475. The average molecular weight is 345 g/mol. The molecule has 0 saturated carbocycles. The second kappa shape index (κ2) is 5.71. The molecule has 2 aromatic carbocycles. The van der Waals surface area contributed by atoms with E-state index in [-0.39, 0.29) is 4.83 Å². The Morgan fingerprint density at radius 3 is 2.20 bits per heavy atom. The molecule has 0 aliphatic heterocycles. The molecule has 0 bridgehead atoms. The van der Waals surface area contributed by atoms with Crippen molar-refractivity contribution in [3.63, 3.8) is 0 Å². The van der Waals surface area contributed by atoms with Crippen LogP contribution in [-0.4, -0.2) is 0 Å². The van der Waals surface area contributed by atoms with Crippen LogP contribution in [0.1, 0.15) is 40.6 Å². The van der Waals surface area contributed by atoms with Gasteiger partial charge in [-0.1, -0.05) is 72.2 Å². The summed E-state index contributed by atoms with van der Waals surface area (Å²) in [6, 6.07) is 19.8. The summed E-state index contributed by atoms with van der Waals surface area (Å²) < 4.78 is 1.35. The van der Waals surface area contributed by atoms with Crippen molar-refractivity contribution in [3.8, 4) is 0 Å². The van der Waals surface area contributed by atoms with Crippen molar-refractivity contribution in [2.75, 3.05) is 0 Å². The van der Waals surface area contributed by atoms with Gasteiger partial charge in [0.2, 0.25) is 0 Å². The van der Waals surface area contributed by atoms with Gasteiger partial charge < -0.3 is 0 Å². The highest BCUT2D eigenvalue weighted by atomic mass is 79.9. The SMILES string of the molecule is CC(C)c1ccc(C(Br)c2cc3ccccc3s2)cc1. The van der Waals surface area contributed by atoms with Crippen LogP contribution >= 0.6 is 27.3 Å². The largest absolute Gasteiger partial charge is 0.139 e. The zero-order valence-corrected chi connectivity index (χ0v) is 14.0. The van der Waals surface area contributed by atoms with E-state index in [0.29, 0.717) is 5.92 Å². The molecule has 0 spiro atoms. The van der Waals surface area contributed by atoms with Crippen molar-refractivity contribution >= 4 is 37.4 Å². The van der Waals surface area contributed by atoms with Gasteiger partial charge in [-0.05, 0) is 34.6 Å². The molecule has 0 fully saturated rings. The summed E-state index contributed by atoms with van der Waals surface area (Å²) in [6.07, 6.45) is 0. The first-order chi connectivity index (χ1) is 9.65. The Balaban J connectivity index is 1.93. The van der Waals surface area contributed by atoms with Crippen LogP contribution in [0.25, 0.3) is 10.1 Å². The van der Waals surface area contributed by atoms with Crippen molar-refractivity contribution in [2.45, 2.75) is 24.6 Å². The van der Waals surface area contributed by atoms with E-state index >= 15 is 0 Å². The van der Waals surface area contributed by atoms with Crippen LogP contribution in [0.3, 0.4) is 0 Å². The van der Waals surface area contributed by atoms with Crippen LogP contribution in [0.4, 0.5) is 0 Å². The van der Waals surface area contributed by atoms with Crippen LogP contribution in [0.5, 0.6) is 0 Å². The zero-order chi connectivity index (χ0) is 14.1. The zero-order valence-electron chi connectivity index (χ0n) is 11.6. The third-order valence-electron chi connectivity index (χ3n) is 3.59. The first-order valence-electron chi connectivity index (χ1n) is 6.87. The minimum Gasteiger partial charge on any atom is -0.139 e. The van der Waals surface area contributed by atoms with E-state index in [1.807, 2.05) is 11.3 Å². The summed E-state index contributed by atoms with van der Waals surface area (Å²) in [7, 11) is 0. The summed E-state index contributed by atoms with van der Waals surface area (Å²) in [5.41, 5.74) is 2.71. The Hall–Kier alpha value is -1.12. The first kappa shape index (κ1) is 13.8. The van der Waals surface area contributed by atoms with Crippen molar-refractivity contribution < 1.29 is 0 Å². The summed E-state index contributed by atoms with van der Waals surface area (Å²) in [5.74, 6) is 0.585. The molecular formula is C18H17BrS. The fourth-order valence-corrected chi connectivity index (χ4v) is 4.13. The lowest BCUT2D eigenvalue weighted by atomic mass is 10.0. The Bertz CT molecular complexity index is 677. The smallest absolute Gasteiger partial charge is 0.0738 e. The molecule has 1 unspecified atom stereocenters. The van der Waals surface area contributed by atoms with E-state index in [9.17, 15) is 0 Å². The Morgan fingerprint density at radius 1 is 0.900 bits per heavy atom. The Morgan fingerprint density at radius 2 is 1.55 bits per heavy atom. The molecule has 102 valence electrons. The second-order valence-electron chi connectivity index (χ2n) is 5.37. The lowest BCUT2D eigenvalue weighted by Gasteiger charge is -2.10. The maximum Gasteiger partial charge on any atom is 0.0738 e. The molecule has 0 aliphatic carbocycles. The van der Waals surface area contributed by atoms with Crippen LogP contribution in [-0.2, 0) is 0 Å². The third kappa shape index (κ3) is 2.68. The first-order valence-corrected chi connectivity index (χ1v) is 8.61. The van der Waals surface area contributed by atoms with E-state index in [0.717, 1.165) is 0 Å². The van der Waals surface area contributed by atoms with E-state index in [1.165, 1.54) is 26.1 Å². The van der Waals surface area contributed by atoms with Gasteiger partial charge >= 0.3 is 0 Å². The van der Waals surface area contributed by atoms with Crippen LogP contribution in [0.2, 0.25) is 0 Å². The number of alkyl halides is 1. The van der Waals surface area contributed by atoms with Crippen LogP contribution in [0.15, 0.2) is 54.6 Å². The van der Waals surface area contributed by atoms with Gasteiger partial charge in [0.1, 0.15) is 0 Å². The highest BCUT2D eigenvalue weighted by molar-refractivity contribution is 9.09. The summed E-state index contributed by atoms with van der Waals surface area (Å²) in [4.78, 5) is 1.64. The molecule has 1 heterocycles. The summed E-state index contributed by atoms with van der Waals surface area (Å²) >= 11 is 5.71. The third-order valence-corrected chi connectivity index (χ3v) is 6.10. The molecule has 20 heavy (non-hydrogen) atoms. The van der Waals surface area contributed by atoms with Crippen LogP contribution < -0.4 is 0 Å². The van der Waals surface area contributed by atoms with Gasteiger partial charge in [-0.15, -0.1) is 11.3 Å². The van der Waals surface area contributed by atoms with Crippen LogP contribution in [0, 0.1) is 0 Å². The highest BCUT2D eigenvalue weighted by Gasteiger charge is 2.13. The van der Waals surface area contributed by atoms with E-state index in [2.05, 4.69) is 84.4 Å². The molecule has 2 heteroatoms. The average Bonchev–Trinajstić information content (AvgIpc) is 2.90. The molecule has 0 N–H and O–H groups in total. The van der Waals surface area contributed by atoms with Gasteiger partial charge in [-0.25, -0.2) is 0 Å². The molecule has 3 aromatic rings. The molecular weight excluding hydrogens is 328 g/mol. The number of halogens is 1. The monoisotopic (exact) mass is 344 g/mol. The number of rotatable bonds is 3. The molecule has 0 aliphatic rings. The molecule has 1 atom stereocenters. The van der Waals surface area contributed by atoms with Crippen molar-refractivity contribution in [1.82, 2.24) is 0 Å². The normalized spacial score (nSPS) is 13.0. The number of hydrogen-bond acceptors (Lipinski definition) is 1. The standard InChI is InChI=1S/C18H17BrS/c1-12(2)13-7-9-14(10-8-13)18(19)17-11-15-5-3-4-6-16(15)20-17/h3-12,18H,1-2H3. The topological polar surface area (TPSA) is 0 Å². The molecule has 0 radical (unpaired) electrons. The Labute approximate surface area is 132 Å². The number of benzene rings is 2. The summed E-state index contributed by atoms with van der Waals surface area (Å²) in [6.45, 7) is 4.46. The van der Waals surface area contributed by atoms with E-state index in [4.69, 9.17) is 0 Å². The lowest BCUT2D eigenvalue weighted by Crippen LogP contribution is -1.92. The number of thiophene rings is 1. The number of fused-ring (bicyclic) bond motifs is 1. The predicted molar refractivity (Wildman–Crippen MR) is 93.1 cm³/mol. The molecule has 3 rings (SSSR count). The fraction of sp³-hybridized carbons (Fsp3) is 0.222. The van der Waals surface area contributed by atoms with Crippen molar-refractivity contribution in [1.29, 1.82) is 0 Å². The molecule has 0 saturated heterocycles. The van der Waals surface area contributed by atoms with Crippen molar-refractivity contribution in [2.24, 2.45) is 0 Å². The minimum atomic E-state index is 0.279. The predicted octanol–water partition coefficient (Wildman–Crippen LogP) is 6.51. The lowest BCUT2D eigenvalue weighted by molar-refractivity contribution is 0.865. The van der Waals surface area contributed by atoms with Gasteiger partial charge in [0.25, 0.3) is 0 Å².